The monoisotopic (exact) mass is 196 g/mol. The van der Waals surface area contributed by atoms with Gasteiger partial charge in [0.05, 0.1) is 0 Å². The first-order chi connectivity index (χ1) is 6.83. The van der Waals surface area contributed by atoms with Gasteiger partial charge in [-0.2, -0.15) is 0 Å². The molecule has 1 amide bonds. The van der Waals surface area contributed by atoms with E-state index in [2.05, 4.69) is 17.2 Å². The Hall–Kier alpha value is -0.830. The molecule has 1 aliphatic carbocycles. The molecular weight excluding hydrogens is 176 g/mol. The fourth-order valence-corrected chi connectivity index (χ4v) is 1.79. The van der Waals surface area contributed by atoms with E-state index in [1.165, 1.54) is 25.7 Å². The molecule has 0 unspecified atom stereocenters. The molecule has 0 bridgehead atoms. The summed E-state index contributed by atoms with van der Waals surface area (Å²) in [6.07, 6.45) is 7.48. The number of carbonyl (C=O) groups excluding carboxylic acids is 1. The molecular formula is C11H20N2O. The highest BCUT2D eigenvalue weighted by molar-refractivity contribution is 5.76. The number of rotatable bonds is 6. The van der Waals surface area contributed by atoms with E-state index in [4.69, 9.17) is 0 Å². The van der Waals surface area contributed by atoms with E-state index in [1.807, 2.05) is 0 Å². The molecule has 1 saturated carbocycles. The molecule has 1 rings (SSSR count). The van der Waals surface area contributed by atoms with E-state index in [0.29, 0.717) is 19.0 Å². The molecule has 0 heterocycles. The van der Waals surface area contributed by atoms with Gasteiger partial charge >= 0.3 is 0 Å². The molecule has 3 heteroatoms. The summed E-state index contributed by atoms with van der Waals surface area (Å²) in [5, 5.41) is 6.16. The van der Waals surface area contributed by atoms with Crippen molar-refractivity contribution in [3.8, 4) is 0 Å². The Balaban J connectivity index is 1.96. The number of carbonyl (C=O) groups is 1. The summed E-state index contributed by atoms with van der Waals surface area (Å²) in [6.45, 7) is 4.92. The molecule has 0 radical (unpaired) electrons. The highest BCUT2D eigenvalue weighted by Crippen LogP contribution is 2.17. The van der Waals surface area contributed by atoms with Crippen molar-refractivity contribution in [1.82, 2.24) is 10.6 Å². The summed E-state index contributed by atoms with van der Waals surface area (Å²) in [6, 6.07) is 0.655. The SMILES string of the molecule is C=CCNC(=O)CCNC1CCCC1. The summed E-state index contributed by atoms with van der Waals surface area (Å²) >= 11 is 0. The van der Waals surface area contributed by atoms with E-state index in [9.17, 15) is 4.79 Å². The van der Waals surface area contributed by atoms with Crippen molar-refractivity contribution in [2.45, 2.75) is 38.1 Å². The van der Waals surface area contributed by atoms with Crippen LogP contribution < -0.4 is 10.6 Å². The number of hydrogen-bond acceptors (Lipinski definition) is 2. The van der Waals surface area contributed by atoms with Gasteiger partial charge in [0.15, 0.2) is 0 Å². The number of amides is 1. The van der Waals surface area contributed by atoms with Gasteiger partial charge in [-0.1, -0.05) is 18.9 Å². The predicted octanol–water partition coefficient (Wildman–Crippen LogP) is 1.21. The highest BCUT2D eigenvalue weighted by atomic mass is 16.1. The van der Waals surface area contributed by atoms with Crippen LogP contribution in [0.4, 0.5) is 0 Å². The Bertz CT molecular complexity index is 186. The van der Waals surface area contributed by atoms with Crippen LogP contribution in [0, 0.1) is 0 Å². The molecule has 1 aliphatic rings. The van der Waals surface area contributed by atoms with Crippen LogP contribution in [0.2, 0.25) is 0 Å². The van der Waals surface area contributed by atoms with Crippen molar-refractivity contribution in [3.05, 3.63) is 12.7 Å². The van der Waals surface area contributed by atoms with Gasteiger partial charge in [-0.05, 0) is 12.8 Å². The molecule has 0 aromatic heterocycles. The molecule has 2 N–H and O–H groups in total. The molecule has 0 aromatic carbocycles. The zero-order valence-electron chi connectivity index (χ0n) is 8.72. The average molecular weight is 196 g/mol. The molecule has 0 spiro atoms. The van der Waals surface area contributed by atoms with Crippen molar-refractivity contribution in [2.24, 2.45) is 0 Å². The van der Waals surface area contributed by atoms with Crippen LogP contribution in [-0.4, -0.2) is 25.0 Å². The van der Waals surface area contributed by atoms with E-state index in [1.54, 1.807) is 6.08 Å². The van der Waals surface area contributed by atoms with Crippen molar-refractivity contribution in [3.63, 3.8) is 0 Å². The molecule has 0 saturated heterocycles. The van der Waals surface area contributed by atoms with Gasteiger partial charge in [-0.15, -0.1) is 6.58 Å². The van der Waals surface area contributed by atoms with Gasteiger partial charge in [-0.25, -0.2) is 0 Å². The third kappa shape index (κ3) is 4.42. The zero-order valence-corrected chi connectivity index (χ0v) is 8.72. The molecule has 0 aliphatic heterocycles. The van der Waals surface area contributed by atoms with E-state index in [-0.39, 0.29) is 5.91 Å². The van der Waals surface area contributed by atoms with E-state index >= 15 is 0 Å². The van der Waals surface area contributed by atoms with Crippen LogP contribution in [0.1, 0.15) is 32.1 Å². The van der Waals surface area contributed by atoms with Crippen LogP contribution >= 0.6 is 0 Å². The maximum atomic E-state index is 11.2. The minimum absolute atomic E-state index is 0.107. The molecule has 3 nitrogen and oxygen atoms in total. The second-order valence-corrected chi connectivity index (χ2v) is 3.78. The molecule has 14 heavy (non-hydrogen) atoms. The summed E-state index contributed by atoms with van der Waals surface area (Å²) in [4.78, 5) is 11.2. The number of nitrogens with one attached hydrogen (secondary N) is 2. The van der Waals surface area contributed by atoms with Crippen LogP contribution in [-0.2, 0) is 4.79 Å². The Morgan fingerprint density at radius 1 is 1.43 bits per heavy atom. The fraction of sp³-hybridized carbons (Fsp3) is 0.727. The minimum Gasteiger partial charge on any atom is -0.353 e. The highest BCUT2D eigenvalue weighted by Gasteiger charge is 2.13. The second-order valence-electron chi connectivity index (χ2n) is 3.78. The minimum atomic E-state index is 0.107. The van der Waals surface area contributed by atoms with Crippen LogP contribution in [0.3, 0.4) is 0 Å². The largest absolute Gasteiger partial charge is 0.353 e. The second kappa shape index (κ2) is 6.60. The summed E-state index contributed by atoms with van der Waals surface area (Å²) in [5.74, 6) is 0.107. The lowest BCUT2D eigenvalue weighted by molar-refractivity contribution is -0.120. The van der Waals surface area contributed by atoms with E-state index < -0.39 is 0 Å². The maximum absolute atomic E-state index is 11.2. The molecule has 0 atom stereocenters. The predicted molar refractivity (Wildman–Crippen MR) is 58.1 cm³/mol. The van der Waals surface area contributed by atoms with Gasteiger partial charge in [0.2, 0.25) is 5.91 Å². The smallest absolute Gasteiger partial charge is 0.221 e. The van der Waals surface area contributed by atoms with Gasteiger partial charge < -0.3 is 10.6 Å². The summed E-state index contributed by atoms with van der Waals surface area (Å²) in [7, 11) is 0. The van der Waals surface area contributed by atoms with Crippen LogP contribution in [0.15, 0.2) is 12.7 Å². The van der Waals surface area contributed by atoms with Gasteiger partial charge in [0.25, 0.3) is 0 Å². The first-order valence-corrected chi connectivity index (χ1v) is 5.44. The molecule has 0 aromatic rings. The topological polar surface area (TPSA) is 41.1 Å². The van der Waals surface area contributed by atoms with Crippen molar-refractivity contribution < 1.29 is 4.79 Å². The first-order valence-electron chi connectivity index (χ1n) is 5.44. The Labute approximate surface area is 86.0 Å². The third-order valence-electron chi connectivity index (χ3n) is 2.58. The van der Waals surface area contributed by atoms with Crippen LogP contribution in [0.5, 0.6) is 0 Å². The molecule has 1 fully saturated rings. The lowest BCUT2D eigenvalue weighted by Gasteiger charge is -2.10. The van der Waals surface area contributed by atoms with E-state index in [0.717, 1.165) is 6.54 Å². The first kappa shape index (κ1) is 11.2. The normalized spacial score (nSPS) is 16.9. The summed E-state index contributed by atoms with van der Waals surface area (Å²) < 4.78 is 0. The summed E-state index contributed by atoms with van der Waals surface area (Å²) in [5.41, 5.74) is 0. The van der Waals surface area contributed by atoms with Gasteiger partial charge in [-0.3, -0.25) is 4.79 Å². The van der Waals surface area contributed by atoms with Crippen molar-refractivity contribution in [2.75, 3.05) is 13.1 Å². The Kier molecular flexibility index (Phi) is 5.30. The van der Waals surface area contributed by atoms with Crippen LogP contribution in [0.25, 0.3) is 0 Å². The number of hydrogen-bond donors (Lipinski definition) is 2. The Morgan fingerprint density at radius 3 is 2.79 bits per heavy atom. The fourth-order valence-electron chi connectivity index (χ4n) is 1.79. The lowest BCUT2D eigenvalue weighted by atomic mass is 10.2. The third-order valence-corrected chi connectivity index (χ3v) is 2.58. The van der Waals surface area contributed by atoms with Gasteiger partial charge in [0.1, 0.15) is 0 Å². The molecule has 80 valence electrons. The standard InChI is InChI=1S/C11H20N2O/c1-2-8-13-11(14)7-9-12-10-5-3-4-6-10/h2,10,12H,1,3-9H2,(H,13,14). The maximum Gasteiger partial charge on any atom is 0.221 e. The quantitative estimate of drug-likeness (QED) is 0.627. The lowest BCUT2D eigenvalue weighted by Crippen LogP contribution is -2.32. The van der Waals surface area contributed by atoms with Gasteiger partial charge in [0, 0.05) is 25.6 Å². The van der Waals surface area contributed by atoms with Crippen molar-refractivity contribution >= 4 is 5.91 Å². The Morgan fingerprint density at radius 2 is 2.14 bits per heavy atom. The average Bonchev–Trinajstić information content (AvgIpc) is 2.67. The zero-order chi connectivity index (χ0) is 10.2. The van der Waals surface area contributed by atoms with Crippen molar-refractivity contribution in [1.29, 1.82) is 0 Å².